The lowest BCUT2D eigenvalue weighted by Crippen LogP contribution is -2.06. The zero-order valence-corrected chi connectivity index (χ0v) is 9.58. The van der Waals surface area contributed by atoms with Gasteiger partial charge in [0.2, 0.25) is 0 Å². The number of imidazole rings is 1. The van der Waals surface area contributed by atoms with Crippen molar-refractivity contribution in [3.8, 4) is 0 Å². The number of aromatic amines is 1. The number of hydrogen-bond acceptors (Lipinski definition) is 2. The van der Waals surface area contributed by atoms with Crippen LogP contribution in [-0.2, 0) is 11.2 Å². The second kappa shape index (κ2) is 4.45. The van der Waals surface area contributed by atoms with Crippen molar-refractivity contribution in [1.82, 2.24) is 9.97 Å². The molecule has 17 heavy (non-hydrogen) atoms. The van der Waals surface area contributed by atoms with Crippen LogP contribution in [0.4, 0.5) is 4.39 Å². The molecule has 1 fully saturated rings. The summed E-state index contributed by atoms with van der Waals surface area (Å²) >= 11 is 0. The number of aromatic nitrogens is 2. The molecule has 0 amide bonds. The summed E-state index contributed by atoms with van der Waals surface area (Å²) < 4.78 is 19.0. The van der Waals surface area contributed by atoms with Gasteiger partial charge in [-0.25, -0.2) is 9.37 Å². The maximum atomic E-state index is 13.4. The van der Waals surface area contributed by atoms with E-state index >= 15 is 0 Å². The smallest absolute Gasteiger partial charge is 0.151 e. The highest BCUT2D eigenvalue weighted by Gasteiger charge is 2.16. The first-order chi connectivity index (χ1) is 8.33. The molecule has 1 N–H and O–H groups in total. The normalized spacial score (nSPS) is 20.2. The maximum Gasteiger partial charge on any atom is 0.151 e. The van der Waals surface area contributed by atoms with E-state index in [-0.39, 0.29) is 5.82 Å². The number of aryl methyl sites for hydroxylation is 1. The van der Waals surface area contributed by atoms with Crippen LogP contribution in [0.3, 0.4) is 0 Å². The molecule has 1 unspecified atom stereocenters. The zero-order chi connectivity index (χ0) is 11.7. The molecular formula is C13H15FN2O. The molecule has 1 aromatic carbocycles. The summed E-state index contributed by atoms with van der Waals surface area (Å²) in [6.07, 6.45) is 4.42. The Morgan fingerprint density at radius 3 is 3.18 bits per heavy atom. The van der Waals surface area contributed by atoms with Gasteiger partial charge in [-0.05, 0) is 31.4 Å². The lowest BCUT2D eigenvalue weighted by molar-refractivity contribution is 0.104. The minimum atomic E-state index is -0.262. The van der Waals surface area contributed by atoms with Crippen LogP contribution in [0, 0.1) is 5.82 Å². The van der Waals surface area contributed by atoms with Gasteiger partial charge >= 0.3 is 0 Å². The van der Waals surface area contributed by atoms with Crippen LogP contribution in [0.5, 0.6) is 0 Å². The number of hydrogen-bond donors (Lipinski definition) is 1. The average Bonchev–Trinajstić information content (AvgIpc) is 2.95. The Balaban J connectivity index is 1.74. The minimum absolute atomic E-state index is 0.262. The SMILES string of the molecule is Fc1cccc2[nH]c(CCC3CCCO3)nc12. The van der Waals surface area contributed by atoms with Gasteiger partial charge in [0.25, 0.3) is 0 Å². The molecule has 2 heterocycles. The van der Waals surface area contributed by atoms with E-state index in [1.165, 1.54) is 6.07 Å². The second-order valence-electron chi connectivity index (χ2n) is 4.49. The van der Waals surface area contributed by atoms with Gasteiger partial charge in [-0.3, -0.25) is 0 Å². The molecule has 1 saturated heterocycles. The van der Waals surface area contributed by atoms with Crippen LogP contribution in [0.25, 0.3) is 11.0 Å². The highest BCUT2D eigenvalue weighted by atomic mass is 19.1. The van der Waals surface area contributed by atoms with Crippen molar-refractivity contribution in [3.05, 3.63) is 29.8 Å². The van der Waals surface area contributed by atoms with Crippen molar-refractivity contribution in [3.63, 3.8) is 0 Å². The summed E-state index contributed by atoms with van der Waals surface area (Å²) in [5.41, 5.74) is 1.21. The molecular weight excluding hydrogens is 219 g/mol. The molecule has 0 bridgehead atoms. The van der Waals surface area contributed by atoms with E-state index in [9.17, 15) is 4.39 Å². The number of nitrogens with one attached hydrogen (secondary N) is 1. The van der Waals surface area contributed by atoms with E-state index in [1.54, 1.807) is 6.07 Å². The van der Waals surface area contributed by atoms with E-state index in [2.05, 4.69) is 9.97 Å². The van der Waals surface area contributed by atoms with Crippen molar-refractivity contribution in [2.24, 2.45) is 0 Å². The lowest BCUT2D eigenvalue weighted by atomic mass is 10.1. The van der Waals surface area contributed by atoms with Gasteiger partial charge in [0.1, 0.15) is 11.3 Å². The van der Waals surface area contributed by atoms with Crippen LogP contribution in [0.2, 0.25) is 0 Å². The van der Waals surface area contributed by atoms with Gasteiger partial charge in [0.05, 0.1) is 11.6 Å². The molecule has 3 nitrogen and oxygen atoms in total. The molecule has 2 aromatic rings. The molecule has 0 saturated carbocycles. The number of benzene rings is 1. The van der Waals surface area contributed by atoms with Gasteiger partial charge in [0.15, 0.2) is 5.82 Å². The lowest BCUT2D eigenvalue weighted by Gasteiger charge is -2.06. The van der Waals surface area contributed by atoms with E-state index in [1.807, 2.05) is 6.07 Å². The van der Waals surface area contributed by atoms with Crippen LogP contribution in [0.15, 0.2) is 18.2 Å². The van der Waals surface area contributed by atoms with Gasteiger partial charge in [-0.1, -0.05) is 6.07 Å². The average molecular weight is 234 g/mol. The third-order valence-electron chi connectivity index (χ3n) is 3.24. The summed E-state index contributed by atoms with van der Waals surface area (Å²) in [6, 6.07) is 4.98. The Kier molecular flexibility index (Phi) is 2.81. The van der Waals surface area contributed by atoms with Crippen LogP contribution in [-0.4, -0.2) is 22.7 Å². The molecule has 0 radical (unpaired) electrons. The fraction of sp³-hybridized carbons (Fsp3) is 0.462. The van der Waals surface area contributed by atoms with Crippen molar-refractivity contribution in [2.75, 3.05) is 6.61 Å². The number of para-hydroxylation sites is 1. The molecule has 1 aliphatic heterocycles. The first-order valence-corrected chi connectivity index (χ1v) is 6.07. The van der Waals surface area contributed by atoms with Gasteiger partial charge < -0.3 is 9.72 Å². The second-order valence-corrected chi connectivity index (χ2v) is 4.49. The van der Waals surface area contributed by atoms with Gasteiger partial charge in [-0.2, -0.15) is 0 Å². The van der Waals surface area contributed by atoms with Crippen molar-refractivity contribution >= 4 is 11.0 Å². The fourth-order valence-corrected chi connectivity index (χ4v) is 2.34. The number of ether oxygens (including phenoxy) is 1. The van der Waals surface area contributed by atoms with E-state index in [4.69, 9.17) is 4.74 Å². The Labute approximate surface area is 99.0 Å². The Morgan fingerprint density at radius 2 is 2.41 bits per heavy atom. The highest BCUT2D eigenvalue weighted by molar-refractivity contribution is 5.75. The predicted molar refractivity (Wildman–Crippen MR) is 63.3 cm³/mol. The first-order valence-electron chi connectivity index (χ1n) is 6.07. The molecule has 1 atom stereocenters. The number of H-pyrrole nitrogens is 1. The Bertz CT molecular complexity index is 517. The number of rotatable bonds is 3. The molecule has 1 aliphatic rings. The number of halogens is 1. The minimum Gasteiger partial charge on any atom is -0.378 e. The van der Waals surface area contributed by atoms with Gasteiger partial charge in [0, 0.05) is 13.0 Å². The first kappa shape index (κ1) is 10.7. The summed E-state index contributed by atoms with van der Waals surface area (Å²) in [5.74, 6) is 0.586. The van der Waals surface area contributed by atoms with E-state index in [0.717, 1.165) is 43.6 Å². The summed E-state index contributed by atoms with van der Waals surface area (Å²) in [6.45, 7) is 0.874. The fourth-order valence-electron chi connectivity index (χ4n) is 2.34. The molecule has 1 aromatic heterocycles. The van der Waals surface area contributed by atoms with Crippen molar-refractivity contribution in [1.29, 1.82) is 0 Å². The van der Waals surface area contributed by atoms with Crippen LogP contribution in [0.1, 0.15) is 25.1 Å². The largest absolute Gasteiger partial charge is 0.378 e. The number of nitrogens with zero attached hydrogens (tertiary/aromatic N) is 1. The maximum absolute atomic E-state index is 13.4. The van der Waals surface area contributed by atoms with E-state index < -0.39 is 0 Å². The van der Waals surface area contributed by atoms with Crippen LogP contribution < -0.4 is 0 Å². The van der Waals surface area contributed by atoms with Gasteiger partial charge in [-0.15, -0.1) is 0 Å². The predicted octanol–water partition coefficient (Wildman–Crippen LogP) is 2.81. The molecule has 90 valence electrons. The molecule has 0 aliphatic carbocycles. The third kappa shape index (κ3) is 2.17. The standard InChI is InChI=1S/C13H15FN2O/c14-10-4-1-5-11-13(10)16-12(15-11)7-6-9-3-2-8-17-9/h1,4-5,9H,2-3,6-8H2,(H,15,16). The van der Waals surface area contributed by atoms with Crippen molar-refractivity contribution < 1.29 is 9.13 Å². The Hall–Kier alpha value is -1.42. The Morgan fingerprint density at radius 1 is 1.47 bits per heavy atom. The van der Waals surface area contributed by atoms with Crippen LogP contribution >= 0.6 is 0 Å². The molecule has 4 heteroatoms. The highest BCUT2D eigenvalue weighted by Crippen LogP contribution is 2.19. The summed E-state index contributed by atoms with van der Waals surface area (Å²) in [7, 11) is 0. The summed E-state index contributed by atoms with van der Waals surface area (Å²) in [4.78, 5) is 7.44. The monoisotopic (exact) mass is 234 g/mol. The zero-order valence-electron chi connectivity index (χ0n) is 9.58. The van der Waals surface area contributed by atoms with Crippen molar-refractivity contribution in [2.45, 2.75) is 31.8 Å². The quantitative estimate of drug-likeness (QED) is 0.886. The number of fused-ring (bicyclic) bond motifs is 1. The molecule has 3 rings (SSSR count). The third-order valence-corrected chi connectivity index (χ3v) is 3.24. The summed E-state index contributed by atoms with van der Waals surface area (Å²) in [5, 5.41) is 0. The van der Waals surface area contributed by atoms with E-state index in [0.29, 0.717) is 11.6 Å². The topological polar surface area (TPSA) is 37.9 Å². The molecule has 0 spiro atoms.